The summed E-state index contributed by atoms with van der Waals surface area (Å²) in [5.41, 5.74) is 0.351. The number of carbonyl (C=O) groups is 1. The van der Waals surface area contributed by atoms with Crippen molar-refractivity contribution >= 4 is 5.97 Å². The average molecular weight is 211 g/mol. The van der Waals surface area contributed by atoms with E-state index in [1.807, 2.05) is 0 Å². The minimum Gasteiger partial charge on any atom is -0.465 e. The number of ether oxygens (including phenoxy) is 3. The quantitative estimate of drug-likeness (QED) is 0.541. The van der Waals surface area contributed by atoms with Crippen molar-refractivity contribution in [3.8, 4) is 5.75 Å². The highest BCUT2D eigenvalue weighted by Crippen LogP contribution is 2.17. The van der Waals surface area contributed by atoms with Gasteiger partial charge in [0, 0.05) is 13.3 Å². The lowest BCUT2D eigenvalue weighted by molar-refractivity contribution is 0.0436. The van der Waals surface area contributed by atoms with Gasteiger partial charge in [0.05, 0.1) is 12.8 Å². The van der Waals surface area contributed by atoms with Crippen LogP contribution in [0.25, 0.3) is 0 Å². The molecule has 0 atom stereocenters. The number of nitrogens with zero attached hydrogens (tertiary/aromatic N) is 1. The molecule has 82 valence electrons. The summed E-state index contributed by atoms with van der Waals surface area (Å²) in [5.74, 6) is -0.0659. The van der Waals surface area contributed by atoms with Crippen LogP contribution in [-0.2, 0) is 9.47 Å². The minimum atomic E-state index is -0.425. The van der Waals surface area contributed by atoms with E-state index >= 15 is 0 Å². The summed E-state index contributed by atoms with van der Waals surface area (Å²) in [6, 6.07) is 1.54. The molecule has 0 spiro atoms. The van der Waals surface area contributed by atoms with Crippen molar-refractivity contribution in [1.29, 1.82) is 0 Å². The number of hydrogen-bond acceptors (Lipinski definition) is 5. The largest absolute Gasteiger partial charge is 0.465 e. The number of hydrogen-bond donors (Lipinski definition) is 0. The standard InChI is InChI=1S/C10H13NO4/c1-3-14-10(12)8-4-5-11-6-9(8)15-7-13-2/h4-6H,3,7H2,1-2H3. The molecule has 1 heterocycles. The molecular weight excluding hydrogens is 198 g/mol. The summed E-state index contributed by atoms with van der Waals surface area (Å²) < 4.78 is 14.8. The molecule has 0 radical (unpaired) electrons. The fourth-order valence-electron chi connectivity index (χ4n) is 0.995. The first-order chi connectivity index (χ1) is 7.29. The van der Waals surface area contributed by atoms with Gasteiger partial charge in [0.1, 0.15) is 5.56 Å². The van der Waals surface area contributed by atoms with Gasteiger partial charge >= 0.3 is 5.97 Å². The van der Waals surface area contributed by atoms with Gasteiger partial charge in [-0.15, -0.1) is 0 Å². The summed E-state index contributed by atoms with van der Waals surface area (Å²) in [6.07, 6.45) is 2.96. The molecule has 0 aliphatic heterocycles. The van der Waals surface area contributed by atoms with Gasteiger partial charge < -0.3 is 14.2 Å². The monoisotopic (exact) mass is 211 g/mol. The van der Waals surface area contributed by atoms with Crippen molar-refractivity contribution < 1.29 is 19.0 Å². The first-order valence-corrected chi connectivity index (χ1v) is 4.52. The van der Waals surface area contributed by atoms with Crippen LogP contribution in [0.2, 0.25) is 0 Å². The van der Waals surface area contributed by atoms with Crippen LogP contribution in [0.5, 0.6) is 5.75 Å². The summed E-state index contributed by atoms with van der Waals surface area (Å²) in [5, 5.41) is 0. The Hall–Kier alpha value is -1.62. The second kappa shape index (κ2) is 5.98. The zero-order valence-corrected chi connectivity index (χ0v) is 8.73. The third-order valence-electron chi connectivity index (χ3n) is 1.61. The van der Waals surface area contributed by atoms with Crippen LogP contribution in [0.3, 0.4) is 0 Å². The van der Waals surface area contributed by atoms with E-state index in [1.165, 1.54) is 19.5 Å². The SMILES string of the molecule is CCOC(=O)c1ccncc1OCOC. The molecular formula is C10H13NO4. The second-order valence-electron chi connectivity index (χ2n) is 2.64. The van der Waals surface area contributed by atoms with E-state index in [0.29, 0.717) is 17.9 Å². The van der Waals surface area contributed by atoms with E-state index in [0.717, 1.165) is 0 Å². The maximum Gasteiger partial charge on any atom is 0.342 e. The van der Waals surface area contributed by atoms with Gasteiger partial charge in [-0.2, -0.15) is 0 Å². The van der Waals surface area contributed by atoms with Crippen LogP contribution in [0.15, 0.2) is 18.5 Å². The molecule has 0 saturated heterocycles. The van der Waals surface area contributed by atoms with Crippen LogP contribution in [0.4, 0.5) is 0 Å². The Balaban J connectivity index is 2.80. The van der Waals surface area contributed by atoms with E-state index in [2.05, 4.69) is 4.98 Å². The molecule has 0 aliphatic rings. The summed E-state index contributed by atoms with van der Waals surface area (Å²) in [4.78, 5) is 15.3. The molecule has 0 fully saturated rings. The molecule has 1 aromatic rings. The van der Waals surface area contributed by atoms with E-state index in [1.54, 1.807) is 13.0 Å². The molecule has 15 heavy (non-hydrogen) atoms. The Morgan fingerprint density at radius 1 is 1.53 bits per heavy atom. The molecule has 0 unspecified atom stereocenters. The van der Waals surface area contributed by atoms with E-state index in [9.17, 15) is 4.79 Å². The minimum absolute atomic E-state index is 0.0676. The summed E-state index contributed by atoms with van der Waals surface area (Å²) >= 11 is 0. The first kappa shape index (κ1) is 11.5. The van der Waals surface area contributed by atoms with E-state index in [-0.39, 0.29) is 6.79 Å². The number of esters is 1. The first-order valence-electron chi connectivity index (χ1n) is 4.52. The van der Waals surface area contributed by atoms with E-state index < -0.39 is 5.97 Å². The van der Waals surface area contributed by atoms with Crippen molar-refractivity contribution in [2.75, 3.05) is 20.5 Å². The number of aromatic nitrogens is 1. The third kappa shape index (κ3) is 3.21. The lowest BCUT2D eigenvalue weighted by atomic mass is 10.2. The zero-order valence-electron chi connectivity index (χ0n) is 8.73. The molecule has 0 bridgehead atoms. The molecule has 0 amide bonds. The zero-order chi connectivity index (χ0) is 11.1. The van der Waals surface area contributed by atoms with Crippen molar-refractivity contribution in [2.45, 2.75) is 6.92 Å². The predicted molar refractivity (Wildman–Crippen MR) is 52.7 cm³/mol. The van der Waals surface area contributed by atoms with Gasteiger partial charge in [0.15, 0.2) is 12.5 Å². The highest BCUT2D eigenvalue weighted by Gasteiger charge is 2.13. The third-order valence-corrected chi connectivity index (χ3v) is 1.61. The normalized spacial score (nSPS) is 9.73. The molecule has 1 aromatic heterocycles. The maximum absolute atomic E-state index is 11.5. The van der Waals surface area contributed by atoms with Crippen molar-refractivity contribution in [3.63, 3.8) is 0 Å². The topological polar surface area (TPSA) is 57.7 Å². The number of pyridine rings is 1. The van der Waals surface area contributed by atoms with Gasteiger partial charge in [-0.25, -0.2) is 4.79 Å². The predicted octanol–water partition coefficient (Wildman–Crippen LogP) is 1.24. The molecule has 0 aliphatic carbocycles. The lowest BCUT2D eigenvalue weighted by Gasteiger charge is -2.08. The van der Waals surface area contributed by atoms with Gasteiger partial charge in [0.25, 0.3) is 0 Å². The second-order valence-corrected chi connectivity index (χ2v) is 2.64. The smallest absolute Gasteiger partial charge is 0.342 e. The Morgan fingerprint density at radius 3 is 3.00 bits per heavy atom. The Morgan fingerprint density at radius 2 is 2.33 bits per heavy atom. The Bertz CT molecular complexity index is 327. The van der Waals surface area contributed by atoms with Crippen LogP contribution < -0.4 is 4.74 Å². The van der Waals surface area contributed by atoms with Crippen LogP contribution in [0.1, 0.15) is 17.3 Å². The fourth-order valence-corrected chi connectivity index (χ4v) is 0.995. The molecule has 0 aromatic carbocycles. The van der Waals surface area contributed by atoms with Crippen LogP contribution in [0, 0.1) is 0 Å². The molecule has 0 saturated carbocycles. The van der Waals surface area contributed by atoms with Gasteiger partial charge in [0.2, 0.25) is 0 Å². The van der Waals surface area contributed by atoms with Crippen molar-refractivity contribution in [2.24, 2.45) is 0 Å². The molecule has 0 N–H and O–H groups in total. The molecule has 5 heteroatoms. The van der Waals surface area contributed by atoms with E-state index in [4.69, 9.17) is 14.2 Å². The Labute approximate surface area is 88.0 Å². The fraction of sp³-hybridized carbons (Fsp3) is 0.400. The van der Waals surface area contributed by atoms with Gasteiger partial charge in [-0.1, -0.05) is 0 Å². The van der Waals surface area contributed by atoms with Gasteiger partial charge in [-0.3, -0.25) is 4.98 Å². The average Bonchev–Trinajstić information content (AvgIpc) is 2.27. The highest BCUT2D eigenvalue weighted by atomic mass is 16.7. The maximum atomic E-state index is 11.5. The Kier molecular flexibility index (Phi) is 4.56. The number of rotatable bonds is 5. The molecule has 5 nitrogen and oxygen atoms in total. The summed E-state index contributed by atoms with van der Waals surface area (Å²) in [7, 11) is 1.50. The van der Waals surface area contributed by atoms with Crippen molar-refractivity contribution in [3.05, 3.63) is 24.0 Å². The molecule has 1 rings (SSSR count). The number of carbonyl (C=O) groups excluding carboxylic acids is 1. The van der Waals surface area contributed by atoms with Gasteiger partial charge in [-0.05, 0) is 13.0 Å². The highest BCUT2D eigenvalue weighted by molar-refractivity contribution is 5.92. The van der Waals surface area contributed by atoms with Crippen LogP contribution >= 0.6 is 0 Å². The van der Waals surface area contributed by atoms with Crippen molar-refractivity contribution in [1.82, 2.24) is 4.98 Å². The van der Waals surface area contributed by atoms with Crippen LogP contribution in [-0.4, -0.2) is 31.5 Å². The number of methoxy groups -OCH3 is 1. The lowest BCUT2D eigenvalue weighted by Crippen LogP contribution is -2.09. The summed E-state index contributed by atoms with van der Waals surface area (Å²) in [6.45, 7) is 2.14.